The first kappa shape index (κ1) is 15.5. The predicted octanol–water partition coefficient (Wildman–Crippen LogP) is 4.56. The average Bonchev–Trinajstić information content (AvgIpc) is 2.24. The van der Waals surface area contributed by atoms with E-state index in [0.29, 0.717) is 0 Å². The zero-order valence-corrected chi connectivity index (χ0v) is 11.6. The van der Waals surface area contributed by atoms with Gasteiger partial charge in [-0.1, -0.05) is 45.5 Å². The van der Waals surface area contributed by atoms with Gasteiger partial charge in [0.25, 0.3) is 0 Å². The summed E-state index contributed by atoms with van der Waals surface area (Å²) < 4.78 is 5.78. The van der Waals surface area contributed by atoms with Crippen LogP contribution >= 0.6 is 0 Å². The number of rotatable bonds is 8. The highest BCUT2D eigenvalue weighted by molar-refractivity contribution is 5.10. The highest BCUT2D eigenvalue weighted by atomic mass is 16.5. The molecule has 0 saturated carbocycles. The third-order valence-electron chi connectivity index (χ3n) is 2.51. The molecule has 0 amide bonds. The Kier molecular flexibility index (Phi) is 9.43. The molecule has 0 aromatic heterocycles. The van der Waals surface area contributed by atoms with Gasteiger partial charge in [-0.25, -0.2) is 0 Å². The van der Waals surface area contributed by atoms with E-state index in [4.69, 9.17) is 4.74 Å². The molecule has 0 bridgehead atoms. The maximum Gasteiger partial charge on any atom is 0.123 e. The Morgan fingerprint density at radius 1 is 0.938 bits per heavy atom. The second kappa shape index (κ2) is 9.73. The quantitative estimate of drug-likeness (QED) is 0.434. The topological polar surface area (TPSA) is 9.23 Å². The molecule has 0 aliphatic rings. The summed E-state index contributed by atoms with van der Waals surface area (Å²) in [7, 11) is 0. The molecule has 0 unspecified atom stereocenters. The smallest absolute Gasteiger partial charge is 0.123 e. The van der Waals surface area contributed by atoms with Crippen molar-refractivity contribution in [2.45, 2.75) is 78.2 Å². The number of ether oxygens (including phenoxy) is 1. The van der Waals surface area contributed by atoms with Gasteiger partial charge in [0.05, 0.1) is 0 Å². The molecule has 0 fully saturated rings. The van der Waals surface area contributed by atoms with Crippen molar-refractivity contribution in [1.29, 1.82) is 0 Å². The molecule has 0 aromatic carbocycles. The molecular weight excluding hydrogens is 196 g/mol. The highest BCUT2D eigenvalue weighted by Crippen LogP contribution is 2.09. The number of hydrogen-bond donors (Lipinski definition) is 0. The second-order valence-electron chi connectivity index (χ2n) is 4.82. The first-order valence-electron chi connectivity index (χ1n) is 6.76. The van der Waals surface area contributed by atoms with E-state index in [1.165, 1.54) is 32.1 Å². The zero-order valence-electron chi connectivity index (χ0n) is 11.6. The van der Waals surface area contributed by atoms with Crippen molar-refractivity contribution in [1.82, 2.24) is 0 Å². The molecule has 0 radical (unpaired) electrons. The molecule has 0 aliphatic heterocycles. The van der Waals surface area contributed by atoms with Crippen LogP contribution in [-0.2, 0) is 4.74 Å². The van der Waals surface area contributed by atoms with Crippen LogP contribution in [0.1, 0.15) is 72.6 Å². The maximum absolute atomic E-state index is 5.78. The molecule has 16 heavy (non-hydrogen) atoms. The van der Waals surface area contributed by atoms with Crippen LogP contribution in [0.3, 0.4) is 0 Å². The monoisotopic (exact) mass is 224 g/mol. The molecule has 0 N–H and O–H groups in total. The first-order chi connectivity index (χ1) is 7.62. The Labute approximate surface area is 102 Å². The van der Waals surface area contributed by atoms with Crippen LogP contribution in [0.25, 0.3) is 0 Å². The molecule has 0 rings (SSSR count). The van der Waals surface area contributed by atoms with Gasteiger partial charge >= 0.3 is 0 Å². The lowest BCUT2D eigenvalue weighted by Gasteiger charge is -2.18. The van der Waals surface area contributed by atoms with Crippen LogP contribution in [0.4, 0.5) is 0 Å². The molecule has 1 nitrogen and oxygen atoms in total. The average molecular weight is 224 g/mol. The molecule has 0 heterocycles. The summed E-state index contributed by atoms with van der Waals surface area (Å²) >= 11 is 0. The minimum atomic E-state index is -0.264. The second-order valence-corrected chi connectivity index (χ2v) is 4.82. The summed E-state index contributed by atoms with van der Waals surface area (Å²) in [6.45, 7) is 9.38. The van der Waals surface area contributed by atoms with E-state index in [1.54, 1.807) is 0 Å². The summed E-state index contributed by atoms with van der Waals surface area (Å²) in [4.78, 5) is 0. The minimum absolute atomic E-state index is 0.264. The summed E-state index contributed by atoms with van der Waals surface area (Å²) in [5.41, 5.74) is -0.264. The lowest BCUT2D eigenvalue weighted by Crippen LogP contribution is -2.22. The fourth-order valence-corrected chi connectivity index (χ4v) is 1.43. The van der Waals surface area contributed by atoms with Gasteiger partial charge in [0, 0.05) is 13.0 Å². The van der Waals surface area contributed by atoms with E-state index in [1.807, 2.05) is 0 Å². The molecule has 94 valence electrons. The fourth-order valence-electron chi connectivity index (χ4n) is 1.43. The van der Waals surface area contributed by atoms with E-state index in [-0.39, 0.29) is 5.60 Å². The molecule has 0 saturated heterocycles. The van der Waals surface area contributed by atoms with Crippen LogP contribution < -0.4 is 0 Å². The standard InChI is InChI=1S/C15H28O/c1-5-7-9-11-13-15(3,4)16-14-12-10-8-6-2/h5-10,12,14H2,1-4H3. The third-order valence-corrected chi connectivity index (χ3v) is 2.51. The Bertz CT molecular complexity index is 207. The van der Waals surface area contributed by atoms with Crippen molar-refractivity contribution in [2.75, 3.05) is 6.61 Å². The van der Waals surface area contributed by atoms with Crippen molar-refractivity contribution in [2.24, 2.45) is 0 Å². The fraction of sp³-hybridized carbons (Fsp3) is 0.867. The van der Waals surface area contributed by atoms with Gasteiger partial charge in [-0.2, -0.15) is 0 Å². The van der Waals surface area contributed by atoms with Crippen LogP contribution in [-0.4, -0.2) is 12.2 Å². The van der Waals surface area contributed by atoms with E-state index in [0.717, 1.165) is 19.4 Å². The Balaban J connectivity index is 3.63. The van der Waals surface area contributed by atoms with Crippen LogP contribution in [0.2, 0.25) is 0 Å². The summed E-state index contributed by atoms with van der Waals surface area (Å²) in [6.07, 6.45) is 8.43. The number of unbranched alkanes of at least 4 members (excludes halogenated alkanes) is 5. The van der Waals surface area contributed by atoms with Gasteiger partial charge in [-0.3, -0.25) is 0 Å². The van der Waals surface area contributed by atoms with Crippen LogP contribution in [0, 0.1) is 11.8 Å². The SMILES string of the molecule is CCCCC#CC(C)(C)OCCCCCC. The van der Waals surface area contributed by atoms with Crippen molar-refractivity contribution in [3.8, 4) is 11.8 Å². The third kappa shape index (κ3) is 10.1. The van der Waals surface area contributed by atoms with Gasteiger partial charge in [0.15, 0.2) is 0 Å². The van der Waals surface area contributed by atoms with Gasteiger partial charge in [-0.15, -0.1) is 5.92 Å². The Morgan fingerprint density at radius 2 is 1.62 bits per heavy atom. The van der Waals surface area contributed by atoms with Crippen molar-refractivity contribution < 1.29 is 4.74 Å². The van der Waals surface area contributed by atoms with Gasteiger partial charge in [-0.05, 0) is 26.7 Å². The van der Waals surface area contributed by atoms with Gasteiger partial charge in [0.2, 0.25) is 0 Å². The molecule has 0 spiro atoms. The number of hydrogen-bond acceptors (Lipinski definition) is 1. The first-order valence-corrected chi connectivity index (χ1v) is 6.76. The van der Waals surface area contributed by atoms with Crippen molar-refractivity contribution in [3.63, 3.8) is 0 Å². The highest BCUT2D eigenvalue weighted by Gasteiger charge is 2.13. The van der Waals surface area contributed by atoms with Gasteiger partial charge < -0.3 is 4.74 Å². The maximum atomic E-state index is 5.78. The summed E-state index contributed by atoms with van der Waals surface area (Å²) in [6, 6.07) is 0. The van der Waals surface area contributed by atoms with E-state index in [2.05, 4.69) is 39.5 Å². The summed E-state index contributed by atoms with van der Waals surface area (Å²) in [5, 5.41) is 0. The normalized spacial score (nSPS) is 11.0. The van der Waals surface area contributed by atoms with Crippen LogP contribution in [0.5, 0.6) is 0 Å². The van der Waals surface area contributed by atoms with Crippen molar-refractivity contribution in [3.05, 3.63) is 0 Å². The Morgan fingerprint density at radius 3 is 2.25 bits per heavy atom. The molecule has 1 heteroatoms. The lowest BCUT2D eigenvalue weighted by atomic mass is 10.1. The zero-order chi connectivity index (χ0) is 12.3. The Hall–Kier alpha value is -0.480. The van der Waals surface area contributed by atoms with Crippen LogP contribution in [0.15, 0.2) is 0 Å². The minimum Gasteiger partial charge on any atom is -0.363 e. The van der Waals surface area contributed by atoms with E-state index in [9.17, 15) is 0 Å². The van der Waals surface area contributed by atoms with E-state index >= 15 is 0 Å². The summed E-state index contributed by atoms with van der Waals surface area (Å²) in [5.74, 6) is 6.42. The lowest BCUT2D eigenvalue weighted by molar-refractivity contribution is 0.0247. The van der Waals surface area contributed by atoms with E-state index < -0.39 is 0 Å². The molecule has 0 aromatic rings. The van der Waals surface area contributed by atoms with Crippen molar-refractivity contribution >= 4 is 0 Å². The molecule has 0 atom stereocenters. The predicted molar refractivity (Wildman–Crippen MR) is 71.5 cm³/mol. The van der Waals surface area contributed by atoms with Gasteiger partial charge in [0.1, 0.15) is 5.60 Å². The molecular formula is C15H28O. The molecule has 0 aliphatic carbocycles. The largest absolute Gasteiger partial charge is 0.363 e.